The highest BCUT2D eigenvalue weighted by Crippen LogP contribution is 2.15. The molecule has 0 aliphatic carbocycles. The lowest BCUT2D eigenvalue weighted by molar-refractivity contribution is -0.143. The maximum atomic E-state index is 14.6. The van der Waals surface area contributed by atoms with Crippen molar-refractivity contribution in [1.29, 1.82) is 0 Å². The van der Waals surface area contributed by atoms with Crippen LogP contribution in [0.1, 0.15) is 177 Å². The minimum Gasteiger partial charge on any atom is -0.481 e. The number of unbranched alkanes of at least 4 members (excludes halogenated alkanes) is 2. The third kappa shape index (κ3) is 43.3. The SMILES string of the molecule is CC(C)C[C@H](NC(=O)[C@H](CCC(=O)O)NC(=O)[C@H](C)NC(=O)[C@H](CCC(N)=O)NC(=O)[C@H](CCCCN)NC(=O)[C@H](CCCCN)NC(=O)[C@H](CO)NC(=O)[C@H](Cc1cnc[nH]1)NC(=O)[C@H](CC(C)C)NC(=O)[C@H](CC(N)=O)NC(=O)[C@H](CC(C)C)NC(=O)[C@H](CO)NC(=O)[C@H](C)NC(=O)[C@H](CC(N)=O)NC(=O)[C@H](C)N)C(=O)N[C@@H](CCC(=O)O)C(=O)O. The van der Waals surface area contributed by atoms with Crippen molar-refractivity contribution >= 4 is 124 Å². The molecule has 0 aliphatic heterocycles. The average Bonchev–Trinajstić information content (AvgIpc) is 1.82. The number of hydrogen-bond acceptors (Lipinski definition) is 27. The number of amides is 18. The van der Waals surface area contributed by atoms with E-state index >= 15 is 0 Å². The Balaban J connectivity index is 3.64. The molecule has 16 atom stereocenters. The molecular weight excluding hydrogens is 1630 g/mol. The van der Waals surface area contributed by atoms with E-state index < -0.39 is 304 Å². The van der Waals surface area contributed by atoms with Gasteiger partial charge >= 0.3 is 17.9 Å². The van der Waals surface area contributed by atoms with Crippen molar-refractivity contribution in [2.45, 2.75) is 275 Å². The minimum absolute atomic E-state index is 0.0859. The van der Waals surface area contributed by atoms with Gasteiger partial charge in [0.15, 0.2) is 0 Å². The molecule has 0 aromatic carbocycles. The Labute approximate surface area is 708 Å². The van der Waals surface area contributed by atoms with E-state index in [1.165, 1.54) is 19.4 Å². The maximum absolute atomic E-state index is 14.6. The van der Waals surface area contributed by atoms with E-state index in [4.69, 9.17) is 39.5 Å². The van der Waals surface area contributed by atoms with Gasteiger partial charge in [-0.3, -0.25) is 95.9 Å². The zero-order valence-electron chi connectivity index (χ0n) is 70.4. The van der Waals surface area contributed by atoms with Crippen LogP contribution in [0.5, 0.6) is 0 Å². The molecule has 1 aromatic rings. The van der Waals surface area contributed by atoms with E-state index in [9.17, 15) is 121 Å². The van der Waals surface area contributed by atoms with Crippen LogP contribution in [0.3, 0.4) is 0 Å². The number of aliphatic hydroxyl groups is 2. The lowest BCUT2D eigenvalue weighted by atomic mass is 10.0. The summed E-state index contributed by atoms with van der Waals surface area (Å²) in [6, 6.07) is -26.3. The largest absolute Gasteiger partial charge is 0.481 e. The molecule has 123 heavy (non-hydrogen) atoms. The number of H-pyrrole nitrogens is 1. The predicted molar refractivity (Wildman–Crippen MR) is 432 cm³/mol. The van der Waals surface area contributed by atoms with E-state index in [0.717, 1.165) is 13.8 Å². The summed E-state index contributed by atoms with van der Waals surface area (Å²) in [6.45, 7) is 11.3. The normalized spacial score (nSPS) is 15.1. The molecule has 33 N–H and O–H groups in total. The van der Waals surface area contributed by atoms with Gasteiger partial charge in [-0.05, 0) is 129 Å². The van der Waals surface area contributed by atoms with Gasteiger partial charge in [-0.25, -0.2) is 9.78 Å². The molecule has 0 unspecified atom stereocenters. The summed E-state index contributed by atoms with van der Waals surface area (Å²) >= 11 is 0. The first-order valence-electron chi connectivity index (χ1n) is 40.0. The number of aromatic nitrogens is 2. The number of nitrogens with two attached hydrogens (primary N) is 6. The topological polar surface area (TPSA) is 825 Å². The van der Waals surface area contributed by atoms with Gasteiger partial charge in [0.25, 0.3) is 0 Å². The smallest absolute Gasteiger partial charge is 0.326 e. The zero-order valence-corrected chi connectivity index (χ0v) is 70.4. The molecule has 18 amide bonds. The summed E-state index contributed by atoms with van der Waals surface area (Å²) in [5.74, 6) is -25.2. The van der Waals surface area contributed by atoms with Gasteiger partial charge < -0.3 is 145 Å². The van der Waals surface area contributed by atoms with Gasteiger partial charge in [-0.1, -0.05) is 41.5 Å². The standard InChI is InChI=1S/C74H125N23O26/c1-34(2)24-46(67(115)89-45(74(122)123)18-21-58(105)106)91-65(113)44(17-20-57(103)104)85-60(108)38(8)83-62(110)43(16-19-54(78)100)88-64(112)41(14-10-12-22-75)86-63(111)42(15-11-13-23-76)87-72(120)53(32-99)97-70(118)49(27-40-30-81-33-82-40)94-68(116)47(25-35(3)4)92-71(119)51(29-56(80)102)95-69(117)48(26-36(5)6)93-73(121)52(31-98)96-61(109)39(9)84-66(114)50(28-55(79)101)90-59(107)37(7)77/h30,33-39,41-53,98-99H,10-29,31-32,75-77H2,1-9H3,(H2,78,100)(H2,79,101)(H2,80,102)(H,81,82)(H,83,110)(H,84,114)(H,85,108)(H,86,111)(H,87,120)(H,88,112)(H,89,115)(H,90,107)(H,91,113)(H,92,119)(H,93,121)(H,94,116)(H,95,117)(H,96,109)(H,97,118)(H,103,104)(H,105,106)(H,122,123)/t37-,38-,39-,41-,42-,43-,44-,45-,46-,47-,48-,49-,50-,51-,52-,53-/m0/s1. The fourth-order valence-electron chi connectivity index (χ4n) is 11.7. The van der Waals surface area contributed by atoms with Crippen LogP contribution in [0.2, 0.25) is 0 Å². The lowest BCUT2D eigenvalue weighted by Crippen LogP contribution is -2.62. The van der Waals surface area contributed by atoms with Crippen LogP contribution < -0.4 is 114 Å². The number of carbonyl (C=O) groups is 21. The van der Waals surface area contributed by atoms with Crippen LogP contribution in [-0.4, -0.2) is 283 Å². The average molecular weight is 1750 g/mol. The second kappa shape index (κ2) is 56.5. The molecule has 0 aliphatic rings. The summed E-state index contributed by atoms with van der Waals surface area (Å²) in [6.07, 6.45) is -3.29. The number of carbonyl (C=O) groups excluding carboxylic acids is 18. The number of hydrogen-bond donors (Lipinski definition) is 27. The summed E-state index contributed by atoms with van der Waals surface area (Å²) < 4.78 is 0. The summed E-state index contributed by atoms with van der Waals surface area (Å²) in [5.41, 5.74) is 33.6. The van der Waals surface area contributed by atoms with Gasteiger partial charge in [0.1, 0.15) is 90.6 Å². The summed E-state index contributed by atoms with van der Waals surface area (Å²) in [7, 11) is 0. The molecule has 692 valence electrons. The third-order valence-electron chi connectivity index (χ3n) is 18.3. The molecule has 1 heterocycles. The minimum atomic E-state index is -1.93. The molecule has 1 aromatic heterocycles. The van der Waals surface area contributed by atoms with Crippen LogP contribution in [0.25, 0.3) is 0 Å². The number of rotatable bonds is 62. The van der Waals surface area contributed by atoms with E-state index in [-0.39, 0.29) is 82.5 Å². The first-order chi connectivity index (χ1) is 57.6. The Morgan fingerprint density at radius 2 is 0.610 bits per heavy atom. The van der Waals surface area contributed by atoms with Crippen LogP contribution in [-0.2, 0) is 107 Å². The monoisotopic (exact) mass is 1750 g/mol. The number of aliphatic carboxylic acids is 3. The number of primary amides is 3. The van der Waals surface area contributed by atoms with Crippen LogP contribution in [0.15, 0.2) is 12.5 Å². The molecule has 0 fully saturated rings. The number of aromatic amines is 1. The van der Waals surface area contributed by atoms with Crippen molar-refractivity contribution in [3.05, 3.63) is 18.2 Å². The highest BCUT2D eigenvalue weighted by Gasteiger charge is 2.39. The van der Waals surface area contributed by atoms with Crippen molar-refractivity contribution in [2.75, 3.05) is 26.3 Å². The maximum Gasteiger partial charge on any atom is 0.326 e. The van der Waals surface area contributed by atoms with Crippen molar-refractivity contribution in [3.8, 4) is 0 Å². The van der Waals surface area contributed by atoms with Gasteiger partial charge in [0, 0.05) is 37.6 Å². The Hall–Kier alpha value is -12.1. The number of carboxylic acid groups (broad SMARTS) is 3. The first-order valence-corrected chi connectivity index (χ1v) is 40.0. The molecule has 0 radical (unpaired) electrons. The summed E-state index contributed by atoms with van der Waals surface area (Å²) in [5, 5.41) is 84.6. The number of nitrogens with zero attached hydrogens (tertiary/aromatic N) is 1. The van der Waals surface area contributed by atoms with Crippen molar-refractivity contribution in [2.24, 2.45) is 52.2 Å². The second-order valence-corrected chi connectivity index (χ2v) is 30.7. The lowest BCUT2D eigenvalue weighted by Gasteiger charge is -2.28. The van der Waals surface area contributed by atoms with E-state index in [0.29, 0.717) is 0 Å². The van der Waals surface area contributed by atoms with Gasteiger partial charge in [0.2, 0.25) is 106 Å². The van der Waals surface area contributed by atoms with Crippen LogP contribution in [0, 0.1) is 17.8 Å². The number of imidazole rings is 1. The second-order valence-electron chi connectivity index (χ2n) is 30.7. The zero-order chi connectivity index (χ0) is 93.7. The quantitative estimate of drug-likeness (QED) is 0.0269. The Kier molecular flexibility index (Phi) is 50.0. The van der Waals surface area contributed by atoms with Gasteiger partial charge in [0.05, 0.1) is 38.4 Å². The molecule has 49 nitrogen and oxygen atoms in total. The van der Waals surface area contributed by atoms with Crippen molar-refractivity contribution in [3.63, 3.8) is 0 Å². The molecule has 0 saturated heterocycles. The fraction of sp³-hybridized carbons (Fsp3) is 0.676. The van der Waals surface area contributed by atoms with Gasteiger partial charge in [-0.2, -0.15) is 0 Å². The van der Waals surface area contributed by atoms with E-state index in [1.807, 2.05) is 0 Å². The molecular formula is C74H125N23O26. The molecule has 0 bridgehead atoms. The van der Waals surface area contributed by atoms with E-state index in [2.05, 4.69) is 89.7 Å². The van der Waals surface area contributed by atoms with Crippen molar-refractivity contribution < 1.29 is 126 Å². The molecule has 0 saturated carbocycles. The highest BCUT2D eigenvalue weighted by atomic mass is 16.4. The van der Waals surface area contributed by atoms with Crippen molar-refractivity contribution in [1.82, 2.24) is 89.7 Å². The van der Waals surface area contributed by atoms with E-state index in [1.54, 1.807) is 41.5 Å². The number of nitrogens with one attached hydrogen (secondary N) is 16. The Morgan fingerprint density at radius 1 is 0.333 bits per heavy atom. The number of aliphatic hydroxyl groups excluding tert-OH is 2. The number of carboxylic acids is 3. The predicted octanol–water partition coefficient (Wildman–Crippen LogP) is -10.2. The highest BCUT2D eigenvalue weighted by molar-refractivity contribution is 6.02. The Bertz CT molecular complexity index is 3770. The fourth-order valence-corrected chi connectivity index (χ4v) is 11.7. The van der Waals surface area contributed by atoms with Crippen LogP contribution in [0.4, 0.5) is 0 Å². The third-order valence-corrected chi connectivity index (χ3v) is 18.3. The first kappa shape index (κ1) is 109. The van der Waals surface area contributed by atoms with Crippen LogP contribution >= 0.6 is 0 Å². The van der Waals surface area contributed by atoms with Gasteiger partial charge in [-0.15, -0.1) is 0 Å². The molecule has 49 heteroatoms. The molecule has 1 rings (SSSR count). The molecule has 0 spiro atoms. The summed E-state index contributed by atoms with van der Waals surface area (Å²) in [4.78, 5) is 286. The Morgan fingerprint density at radius 3 is 0.943 bits per heavy atom.